The third kappa shape index (κ3) is 4.93. The number of benzene rings is 1. The van der Waals surface area contributed by atoms with Crippen LogP contribution < -0.4 is 4.74 Å². The lowest BCUT2D eigenvalue weighted by Gasteiger charge is -2.30. The monoisotopic (exact) mass is 345 g/mol. The van der Waals surface area contributed by atoms with Gasteiger partial charge in [-0.25, -0.2) is 9.59 Å². The van der Waals surface area contributed by atoms with E-state index >= 15 is 0 Å². The van der Waals surface area contributed by atoms with E-state index in [2.05, 4.69) is 36.2 Å². The zero-order valence-corrected chi connectivity index (χ0v) is 14.4. The predicted molar refractivity (Wildman–Crippen MR) is 94.6 cm³/mol. The lowest BCUT2D eigenvalue weighted by molar-refractivity contribution is -0.134. The molecule has 0 spiro atoms. The molecule has 2 unspecified atom stereocenters. The van der Waals surface area contributed by atoms with Crippen LogP contribution in [0.4, 0.5) is 0 Å². The van der Waals surface area contributed by atoms with Crippen molar-refractivity contribution in [1.82, 2.24) is 4.90 Å². The van der Waals surface area contributed by atoms with E-state index in [9.17, 15) is 9.59 Å². The second-order valence-electron chi connectivity index (χ2n) is 6.07. The Labute approximate surface area is 147 Å². The topological polar surface area (TPSA) is 87.1 Å². The number of nitrogens with zero attached hydrogens (tertiary/aromatic N) is 1. The molecule has 2 aliphatic rings. The van der Waals surface area contributed by atoms with Crippen molar-refractivity contribution in [3.8, 4) is 5.75 Å². The molecule has 1 saturated heterocycles. The van der Waals surface area contributed by atoms with Crippen molar-refractivity contribution in [2.24, 2.45) is 0 Å². The molecule has 0 amide bonds. The molecule has 134 valence electrons. The molecule has 25 heavy (non-hydrogen) atoms. The van der Waals surface area contributed by atoms with Gasteiger partial charge >= 0.3 is 11.9 Å². The fourth-order valence-corrected chi connectivity index (χ4v) is 3.29. The molecule has 6 heteroatoms. The molecule has 2 aliphatic heterocycles. The van der Waals surface area contributed by atoms with Gasteiger partial charge in [-0.15, -0.1) is 0 Å². The standard InChI is InChI=1S/C15H19NO.C4H4O4/c1-16-12-7-8-13(16)10-11(9-12)14-5-3-4-6-15(14)17-2;5-3(6)1-2-4(7)8/h3-6,9,12-13H,7-8,10H2,1-2H3;1-2H,(H,5,6)(H,7,8)/b;2-1+. The smallest absolute Gasteiger partial charge is 0.328 e. The van der Waals surface area contributed by atoms with Gasteiger partial charge in [0.05, 0.1) is 7.11 Å². The van der Waals surface area contributed by atoms with E-state index in [1.54, 1.807) is 7.11 Å². The molecule has 0 aromatic heterocycles. The van der Waals surface area contributed by atoms with E-state index in [1.165, 1.54) is 24.0 Å². The molecule has 3 rings (SSSR count). The molecule has 1 aromatic carbocycles. The highest BCUT2D eigenvalue weighted by atomic mass is 16.5. The van der Waals surface area contributed by atoms with E-state index in [0.29, 0.717) is 18.2 Å². The summed E-state index contributed by atoms with van der Waals surface area (Å²) in [5.74, 6) is -1.51. The Morgan fingerprint density at radius 3 is 2.36 bits per heavy atom. The Kier molecular flexibility index (Phi) is 6.36. The minimum Gasteiger partial charge on any atom is -0.496 e. The van der Waals surface area contributed by atoms with Crippen LogP contribution in [0.5, 0.6) is 5.75 Å². The number of carbonyl (C=O) groups is 2. The third-order valence-electron chi connectivity index (χ3n) is 4.57. The summed E-state index contributed by atoms with van der Waals surface area (Å²) < 4.78 is 5.46. The normalized spacial score (nSPS) is 22.1. The minimum atomic E-state index is -1.26. The SMILES string of the molecule is COc1ccccc1C1=CC2CCC(C1)N2C.O=C(O)/C=C/C(=O)O. The summed E-state index contributed by atoms with van der Waals surface area (Å²) in [6.07, 6.45) is 7.34. The quantitative estimate of drug-likeness (QED) is 0.816. The van der Waals surface area contributed by atoms with Crippen molar-refractivity contribution in [1.29, 1.82) is 0 Å². The number of para-hydroxylation sites is 1. The number of likely N-dealkylation sites (N-methyl/N-ethyl adjacent to an activating group) is 1. The second kappa shape index (κ2) is 8.48. The van der Waals surface area contributed by atoms with Gasteiger partial charge in [0.1, 0.15) is 5.75 Å². The van der Waals surface area contributed by atoms with Crippen LogP contribution in [0.3, 0.4) is 0 Å². The Hall–Kier alpha value is -2.60. The average Bonchev–Trinajstić information content (AvgIpc) is 2.81. The predicted octanol–water partition coefficient (Wildman–Crippen LogP) is 2.66. The lowest BCUT2D eigenvalue weighted by Crippen LogP contribution is -2.34. The number of carboxylic acid groups (broad SMARTS) is 2. The van der Waals surface area contributed by atoms with Gasteiger partial charge in [0, 0.05) is 29.8 Å². The summed E-state index contributed by atoms with van der Waals surface area (Å²) in [5.41, 5.74) is 2.74. The van der Waals surface area contributed by atoms with Crippen LogP contribution in [0, 0.1) is 0 Å². The molecule has 2 heterocycles. The Morgan fingerprint density at radius 1 is 1.16 bits per heavy atom. The fourth-order valence-electron chi connectivity index (χ4n) is 3.29. The molecule has 2 bridgehead atoms. The number of aliphatic carboxylic acids is 2. The lowest BCUT2D eigenvalue weighted by atomic mass is 9.94. The van der Waals surface area contributed by atoms with Crippen molar-refractivity contribution < 1.29 is 24.5 Å². The molecule has 2 atom stereocenters. The number of ether oxygens (including phenoxy) is 1. The second-order valence-corrected chi connectivity index (χ2v) is 6.07. The maximum atomic E-state index is 9.55. The van der Waals surface area contributed by atoms with E-state index in [1.807, 2.05) is 6.07 Å². The van der Waals surface area contributed by atoms with E-state index in [0.717, 1.165) is 18.2 Å². The van der Waals surface area contributed by atoms with Gasteiger partial charge in [-0.1, -0.05) is 24.3 Å². The molecular formula is C19H23NO5. The average molecular weight is 345 g/mol. The molecule has 0 saturated carbocycles. The fraction of sp³-hybridized carbons (Fsp3) is 0.368. The Bertz CT molecular complexity index is 679. The summed E-state index contributed by atoms with van der Waals surface area (Å²) >= 11 is 0. The van der Waals surface area contributed by atoms with Gasteiger partial charge in [-0.2, -0.15) is 0 Å². The zero-order chi connectivity index (χ0) is 18.4. The maximum absolute atomic E-state index is 9.55. The van der Waals surface area contributed by atoms with E-state index in [4.69, 9.17) is 14.9 Å². The highest BCUT2D eigenvalue weighted by Gasteiger charge is 2.34. The number of fused-ring (bicyclic) bond motifs is 2. The van der Waals surface area contributed by atoms with Gasteiger partial charge in [-0.05, 0) is 37.9 Å². The van der Waals surface area contributed by atoms with Crippen LogP contribution >= 0.6 is 0 Å². The highest BCUT2D eigenvalue weighted by Crippen LogP contribution is 2.39. The molecule has 1 aromatic rings. The van der Waals surface area contributed by atoms with Crippen LogP contribution in [0.15, 0.2) is 42.5 Å². The first-order chi connectivity index (χ1) is 11.9. The summed E-state index contributed by atoms with van der Waals surface area (Å²) in [5, 5.41) is 15.6. The highest BCUT2D eigenvalue weighted by molar-refractivity contribution is 5.89. The van der Waals surface area contributed by atoms with Crippen molar-refractivity contribution in [2.75, 3.05) is 14.2 Å². The van der Waals surface area contributed by atoms with Crippen LogP contribution in [0.2, 0.25) is 0 Å². The van der Waals surface area contributed by atoms with Crippen LogP contribution in [-0.2, 0) is 9.59 Å². The summed E-state index contributed by atoms with van der Waals surface area (Å²) in [4.78, 5) is 21.6. The molecule has 0 aliphatic carbocycles. The molecular weight excluding hydrogens is 322 g/mol. The van der Waals surface area contributed by atoms with E-state index in [-0.39, 0.29) is 0 Å². The first-order valence-corrected chi connectivity index (χ1v) is 8.12. The summed E-state index contributed by atoms with van der Waals surface area (Å²) in [6, 6.07) is 9.72. The first kappa shape index (κ1) is 18.7. The maximum Gasteiger partial charge on any atom is 0.328 e. The van der Waals surface area contributed by atoms with Gasteiger partial charge in [-0.3, -0.25) is 4.90 Å². The number of methoxy groups -OCH3 is 1. The van der Waals surface area contributed by atoms with Crippen molar-refractivity contribution in [3.63, 3.8) is 0 Å². The van der Waals surface area contributed by atoms with Crippen molar-refractivity contribution >= 4 is 17.5 Å². The van der Waals surface area contributed by atoms with Crippen LogP contribution in [0.25, 0.3) is 5.57 Å². The molecule has 2 N–H and O–H groups in total. The third-order valence-corrected chi connectivity index (χ3v) is 4.57. The van der Waals surface area contributed by atoms with E-state index < -0.39 is 11.9 Å². The van der Waals surface area contributed by atoms with Crippen LogP contribution in [0.1, 0.15) is 24.8 Å². The molecule has 0 radical (unpaired) electrons. The van der Waals surface area contributed by atoms with Gasteiger partial charge in [0.15, 0.2) is 0 Å². The molecule has 6 nitrogen and oxygen atoms in total. The van der Waals surface area contributed by atoms with Gasteiger partial charge in [0.2, 0.25) is 0 Å². The summed E-state index contributed by atoms with van der Waals surface area (Å²) in [7, 11) is 4.00. The minimum absolute atomic E-state index is 0.558. The van der Waals surface area contributed by atoms with Crippen LogP contribution in [-0.4, -0.2) is 53.3 Å². The summed E-state index contributed by atoms with van der Waals surface area (Å²) in [6.45, 7) is 0. The number of rotatable bonds is 4. The largest absolute Gasteiger partial charge is 0.496 e. The van der Waals surface area contributed by atoms with Crippen molar-refractivity contribution in [2.45, 2.75) is 31.3 Å². The van der Waals surface area contributed by atoms with Gasteiger partial charge < -0.3 is 14.9 Å². The Morgan fingerprint density at radius 2 is 1.80 bits per heavy atom. The number of hydrogen-bond donors (Lipinski definition) is 2. The molecule has 1 fully saturated rings. The number of carboxylic acids is 2. The Balaban J connectivity index is 0.000000242. The van der Waals surface area contributed by atoms with Gasteiger partial charge in [0.25, 0.3) is 0 Å². The number of hydrogen-bond acceptors (Lipinski definition) is 4. The first-order valence-electron chi connectivity index (χ1n) is 8.12. The van der Waals surface area contributed by atoms with Crippen molar-refractivity contribution in [3.05, 3.63) is 48.1 Å². The zero-order valence-electron chi connectivity index (χ0n) is 14.4.